The van der Waals surface area contributed by atoms with Crippen molar-refractivity contribution in [1.82, 2.24) is 9.80 Å². The summed E-state index contributed by atoms with van der Waals surface area (Å²) in [5.74, 6) is 0.597. The normalized spacial score (nSPS) is 23.5. The molecule has 1 aromatic rings. The van der Waals surface area contributed by atoms with Crippen LogP contribution in [-0.2, 0) is 14.4 Å². The fourth-order valence-electron chi connectivity index (χ4n) is 4.51. The Morgan fingerprint density at radius 3 is 2.03 bits per heavy atom. The minimum atomic E-state index is 0.236. The first-order valence-corrected chi connectivity index (χ1v) is 11.7. The molecule has 4 aliphatic rings. The zero-order valence-corrected chi connectivity index (χ0v) is 18.7. The van der Waals surface area contributed by atoms with Gasteiger partial charge in [0, 0.05) is 43.9 Å². The van der Waals surface area contributed by atoms with Crippen LogP contribution in [0, 0.1) is 0 Å². The second-order valence-electron chi connectivity index (χ2n) is 8.26. The molecule has 0 bridgehead atoms. The third-order valence-electron chi connectivity index (χ3n) is 6.28. The molecule has 0 aromatic heterocycles. The summed E-state index contributed by atoms with van der Waals surface area (Å²) in [5, 5.41) is 0. The van der Waals surface area contributed by atoms with E-state index in [1.165, 1.54) is 25.7 Å². The topological polar surface area (TPSA) is 57.7 Å². The molecule has 0 N–H and O–H groups in total. The lowest BCUT2D eigenvalue weighted by molar-refractivity contribution is -0.134. The van der Waals surface area contributed by atoms with E-state index in [0.717, 1.165) is 38.8 Å². The Kier molecular flexibility index (Phi) is 10.0. The van der Waals surface area contributed by atoms with E-state index in [1.54, 1.807) is 0 Å². The Bertz CT molecular complexity index is 631. The molecule has 5 rings (SSSR count). The van der Waals surface area contributed by atoms with Gasteiger partial charge in [-0.2, -0.15) is 0 Å². The quantitative estimate of drug-likeness (QED) is 0.631. The standard InChI is InChI=1S/C10H15NO2.C7H11NO.C6H6.C2H6/c12-9-4-1-5-10(13)11-6-2-3-8(11)7-9;9-6-8-5-1-2-7(8)3-4-7;1-2-4-6-5-3-1;1-2/h8H,1-7H2;6H,1-5H2;1-6H;1-2H3/t8-;;;/m1.../s1. The van der Waals surface area contributed by atoms with Crippen LogP contribution >= 0.6 is 0 Å². The highest BCUT2D eigenvalue weighted by atomic mass is 16.2. The molecule has 0 unspecified atom stereocenters. The average molecular weight is 415 g/mol. The van der Waals surface area contributed by atoms with E-state index < -0.39 is 0 Å². The van der Waals surface area contributed by atoms with Crippen molar-refractivity contribution in [3.8, 4) is 0 Å². The maximum absolute atomic E-state index is 11.6. The summed E-state index contributed by atoms with van der Waals surface area (Å²) < 4.78 is 0. The van der Waals surface area contributed by atoms with Crippen LogP contribution in [0.15, 0.2) is 36.4 Å². The summed E-state index contributed by atoms with van der Waals surface area (Å²) in [5.41, 5.74) is 0.377. The van der Waals surface area contributed by atoms with Gasteiger partial charge in [0.2, 0.25) is 12.3 Å². The second-order valence-corrected chi connectivity index (χ2v) is 8.26. The molecule has 166 valence electrons. The van der Waals surface area contributed by atoms with Crippen LogP contribution in [0.2, 0.25) is 0 Å². The number of carbonyl (C=O) groups excluding carboxylic acids is 3. The number of hydrogen-bond donors (Lipinski definition) is 0. The fraction of sp³-hybridized carbons (Fsp3) is 0.640. The first kappa shape index (κ1) is 24.1. The zero-order valence-electron chi connectivity index (χ0n) is 18.7. The Morgan fingerprint density at radius 2 is 1.50 bits per heavy atom. The third kappa shape index (κ3) is 6.96. The van der Waals surface area contributed by atoms with Crippen molar-refractivity contribution < 1.29 is 14.4 Å². The van der Waals surface area contributed by atoms with Gasteiger partial charge in [-0.15, -0.1) is 0 Å². The van der Waals surface area contributed by atoms with E-state index in [1.807, 2.05) is 60.0 Å². The van der Waals surface area contributed by atoms with Crippen molar-refractivity contribution >= 4 is 18.1 Å². The number of nitrogens with zero attached hydrogens (tertiary/aromatic N) is 2. The maximum Gasteiger partial charge on any atom is 0.222 e. The van der Waals surface area contributed by atoms with Gasteiger partial charge < -0.3 is 9.80 Å². The number of rotatable bonds is 1. The van der Waals surface area contributed by atoms with Crippen molar-refractivity contribution in [3.63, 3.8) is 0 Å². The fourth-order valence-corrected chi connectivity index (χ4v) is 4.51. The first-order chi connectivity index (χ1) is 14.6. The highest BCUT2D eigenvalue weighted by molar-refractivity contribution is 5.83. The van der Waals surface area contributed by atoms with E-state index in [4.69, 9.17) is 0 Å². The van der Waals surface area contributed by atoms with Crippen LogP contribution in [-0.4, -0.2) is 52.6 Å². The number of hydrogen-bond acceptors (Lipinski definition) is 3. The predicted octanol–water partition coefficient (Wildman–Crippen LogP) is 4.60. The number of ketones is 1. The van der Waals surface area contributed by atoms with Crippen LogP contribution in [0.25, 0.3) is 0 Å². The van der Waals surface area contributed by atoms with Gasteiger partial charge in [-0.05, 0) is 44.9 Å². The second kappa shape index (κ2) is 12.5. The molecule has 30 heavy (non-hydrogen) atoms. The summed E-state index contributed by atoms with van der Waals surface area (Å²) >= 11 is 0. The predicted molar refractivity (Wildman–Crippen MR) is 120 cm³/mol. The molecule has 1 aliphatic carbocycles. The van der Waals surface area contributed by atoms with Gasteiger partial charge in [0.1, 0.15) is 5.78 Å². The molecule has 1 aromatic carbocycles. The molecule has 1 atom stereocenters. The van der Waals surface area contributed by atoms with E-state index >= 15 is 0 Å². The van der Waals surface area contributed by atoms with Crippen LogP contribution in [0.4, 0.5) is 0 Å². The largest absolute Gasteiger partial charge is 0.340 e. The average Bonchev–Trinajstić information content (AvgIpc) is 3.22. The van der Waals surface area contributed by atoms with Crippen LogP contribution in [0.3, 0.4) is 0 Å². The van der Waals surface area contributed by atoms with Gasteiger partial charge in [-0.25, -0.2) is 0 Å². The summed E-state index contributed by atoms with van der Waals surface area (Å²) in [6, 6.07) is 12.2. The van der Waals surface area contributed by atoms with Gasteiger partial charge in [-0.1, -0.05) is 50.2 Å². The lowest BCUT2D eigenvalue weighted by Crippen LogP contribution is -2.38. The number of amides is 2. The van der Waals surface area contributed by atoms with E-state index in [9.17, 15) is 14.4 Å². The lowest BCUT2D eigenvalue weighted by atomic mass is 10.0. The van der Waals surface area contributed by atoms with Crippen molar-refractivity contribution in [1.29, 1.82) is 0 Å². The molecule has 1 spiro atoms. The molecule has 2 amide bonds. The molecular weight excluding hydrogens is 376 g/mol. The summed E-state index contributed by atoms with van der Waals surface area (Å²) in [4.78, 5) is 37.2. The molecular formula is C25H38N2O3. The lowest BCUT2D eigenvalue weighted by Gasteiger charge is -2.26. The van der Waals surface area contributed by atoms with Crippen LogP contribution < -0.4 is 0 Å². The van der Waals surface area contributed by atoms with Gasteiger partial charge >= 0.3 is 0 Å². The van der Waals surface area contributed by atoms with E-state index in [2.05, 4.69) is 0 Å². The number of carbonyl (C=O) groups is 3. The minimum absolute atomic E-state index is 0.236. The summed E-state index contributed by atoms with van der Waals surface area (Å²) in [6.45, 7) is 5.88. The van der Waals surface area contributed by atoms with Gasteiger partial charge in [-0.3, -0.25) is 14.4 Å². The third-order valence-corrected chi connectivity index (χ3v) is 6.28. The Hall–Kier alpha value is -2.17. The molecule has 5 nitrogen and oxygen atoms in total. The van der Waals surface area contributed by atoms with Crippen molar-refractivity contribution in [2.75, 3.05) is 13.1 Å². The first-order valence-electron chi connectivity index (χ1n) is 11.7. The number of fused-ring (bicyclic) bond motifs is 1. The molecule has 3 heterocycles. The Morgan fingerprint density at radius 1 is 0.867 bits per heavy atom. The van der Waals surface area contributed by atoms with Crippen molar-refractivity contribution in [3.05, 3.63) is 36.4 Å². The monoisotopic (exact) mass is 414 g/mol. The Labute approximate surface area is 181 Å². The number of benzene rings is 1. The van der Waals surface area contributed by atoms with Gasteiger partial charge in [0.05, 0.1) is 0 Å². The van der Waals surface area contributed by atoms with Crippen LogP contribution in [0.1, 0.15) is 78.1 Å². The summed E-state index contributed by atoms with van der Waals surface area (Å²) in [6.07, 6.45) is 10.6. The van der Waals surface area contributed by atoms with Gasteiger partial charge in [0.25, 0.3) is 0 Å². The highest BCUT2D eigenvalue weighted by Gasteiger charge is 2.50. The molecule has 0 radical (unpaired) electrons. The SMILES string of the molecule is CC.O=C1CCCC(=O)N2CCC[C@@H]2C1.O=CN1CCCC12CC2.c1ccccc1. The molecule has 4 fully saturated rings. The number of Topliss-reactive ketones (excluding diaryl/α,β-unsaturated/α-hetero) is 1. The van der Waals surface area contributed by atoms with Crippen LogP contribution in [0.5, 0.6) is 0 Å². The molecule has 1 saturated carbocycles. The molecule has 3 saturated heterocycles. The minimum Gasteiger partial charge on any atom is -0.340 e. The van der Waals surface area contributed by atoms with Gasteiger partial charge in [0.15, 0.2) is 0 Å². The summed E-state index contributed by atoms with van der Waals surface area (Å²) in [7, 11) is 0. The van der Waals surface area contributed by atoms with Crippen molar-refractivity contribution in [2.45, 2.75) is 89.6 Å². The smallest absolute Gasteiger partial charge is 0.222 e. The maximum atomic E-state index is 11.6. The van der Waals surface area contributed by atoms with E-state index in [0.29, 0.717) is 30.6 Å². The molecule has 5 heteroatoms. The zero-order chi connectivity index (χ0) is 21.8. The Balaban J connectivity index is 0.000000164. The van der Waals surface area contributed by atoms with E-state index in [-0.39, 0.29) is 11.9 Å². The highest BCUT2D eigenvalue weighted by Crippen LogP contribution is 2.48. The van der Waals surface area contributed by atoms with Crippen molar-refractivity contribution in [2.24, 2.45) is 0 Å². The number of likely N-dealkylation sites (tertiary alicyclic amines) is 1. The molecule has 3 aliphatic heterocycles.